The molecule has 304 valence electrons. The van der Waals surface area contributed by atoms with E-state index in [4.69, 9.17) is 25.4 Å². The predicted octanol–water partition coefficient (Wildman–Crippen LogP) is 2.81. The van der Waals surface area contributed by atoms with E-state index in [0.29, 0.717) is 89.1 Å². The highest BCUT2D eigenvalue weighted by Gasteiger charge is 2.35. The fourth-order valence-corrected chi connectivity index (χ4v) is 7.10. The molecule has 0 bridgehead atoms. The number of hydrogen-bond donors (Lipinski definition) is 6. The quantitative estimate of drug-likeness (QED) is 0.0900. The number of anilines is 2. The third kappa shape index (κ3) is 8.66. The maximum Gasteiger partial charge on any atom is 0.415 e. The van der Waals surface area contributed by atoms with Crippen LogP contribution in [0.1, 0.15) is 58.9 Å². The fourth-order valence-electron chi connectivity index (χ4n) is 7.10. The van der Waals surface area contributed by atoms with Gasteiger partial charge in [-0.25, -0.2) is 14.4 Å². The maximum absolute atomic E-state index is 14.2. The third-order valence-corrected chi connectivity index (χ3v) is 10.4. The van der Waals surface area contributed by atoms with Gasteiger partial charge in [-0.2, -0.15) is 0 Å². The number of aromatic nitrogens is 1. The van der Waals surface area contributed by atoms with Crippen molar-refractivity contribution < 1.29 is 42.7 Å². The van der Waals surface area contributed by atoms with Gasteiger partial charge in [0.25, 0.3) is 5.91 Å². The Hall–Kier alpha value is -6.14. The fraction of sp³-hybridized carbons (Fsp3) is 0.436. The van der Waals surface area contributed by atoms with E-state index in [1.54, 1.807) is 56.0 Å². The van der Waals surface area contributed by atoms with E-state index < -0.39 is 47.9 Å². The molecule has 57 heavy (non-hydrogen) atoms. The van der Waals surface area contributed by atoms with Crippen molar-refractivity contribution in [1.29, 1.82) is 0 Å². The number of hydrogen-bond acceptors (Lipinski definition) is 11. The van der Waals surface area contributed by atoms with Crippen LogP contribution in [0.25, 0.3) is 21.9 Å². The van der Waals surface area contributed by atoms with E-state index in [0.717, 1.165) is 0 Å². The second-order valence-electron chi connectivity index (χ2n) is 14.7. The number of furan rings is 1. The van der Waals surface area contributed by atoms with Crippen LogP contribution in [-0.2, 0) is 20.7 Å². The van der Waals surface area contributed by atoms with Gasteiger partial charge >= 0.3 is 18.1 Å². The second kappa shape index (κ2) is 16.9. The zero-order valence-electron chi connectivity index (χ0n) is 32.7. The summed E-state index contributed by atoms with van der Waals surface area (Å²) < 4.78 is 17.1. The van der Waals surface area contributed by atoms with Crippen molar-refractivity contribution in [2.45, 2.75) is 52.1 Å². The van der Waals surface area contributed by atoms with E-state index in [2.05, 4.69) is 25.8 Å². The number of esters is 1. The van der Waals surface area contributed by atoms with Gasteiger partial charge in [0.1, 0.15) is 11.6 Å². The Bertz CT molecular complexity index is 2220. The Kier molecular flexibility index (Phi) is 12.0. The Morgan fingerprint density at radius 3 is 2.42 bits per heavy atom. The van der Waals surface area contributed by atoms with Crippen LogP contribution in [0.2, 0.25) is 0 Å². The van der Waals surface area contributed by atoms with Crippen LogP contribution in [0, 0.1) is 12.8 Å². The van der Waals surface area contributed by atoms with E-state index >= 15 is 0 Å². The summed E-state index contributed by atoms with van der Waals surface area (Å²) in [6, 6.07) is 5.57. The minimum Gasteiger partial charge on any atom is -0.465 e. The van der Waals surface area contributed by atoms with Crippen molar-refractivity contribution in [2.24, 2.45) is 17.4 Å². The molecule has 0 saturated carbocycles. The van der Waals surface area contributed by atoms with Crippen LogP contribution in [0.4, 0.5) is 21.0 Å². The number of aromatic amines is 1. The van der Waals surface area contributed by atoms with E-state index in [1.165, 1.54) is 12.0 Å². The Labute approximate surface area is 328 Å². The predicted molar refractivity (Wildman–Crippen MR) is 211 cm³/mol. The first-order valence-electron chi connectivity index (χ1n) is 18.8. The summed E-state index contributed by atoms with van der Waals surface area (Å²) in [5.41, 5.74) is 14.4. The number of nitrogens with zero attached hydrogens (tertiary/aromatic N) is 3. The lowest BCUT2D eigenvalue weighted by Gasteiger charge is -2.31. The molecule has 2 atom stereocenters. The summed E-state index contributed by atoms with van der Waals surface area (Å²) >= 11 is 0. The summed E-state index contributed by atoms with van der Waals surface area (Å²) in [6.07, 6.45) is 0.406. The lowest BCUT2D eigenvalue weighted by Crippen LogP contribution is -2.51. The molecule has 2 unspecified atom stereocenters. The molecule has 2 aliphatic heterocycles. The Balaban J connectivity index is 1.25. The number of nitrogens with one attached hydrogen (secondary N) is 4. The van der Waals surface area contributed by atoms with Gasteiger partial charge in [-0.3, -0.25) is 14.4 Å². The van der Waals surface area contributed by atoms with Gasteiger partial charge in [0.05, 0.1) is 29.9 Å². The number of aryl methyl sites for hydroxylation is 1. The van der Waals surface area contributed by atoms with E-state index in [9.17, 15) is 28.8 Å². The first kappa shape index (κ1) is 40.5. The molecule has 2 aromatic heterocycles. The number of primary amides is 1. The van der Waals surface area contributed by atoms with Crippen LogP contribution >= 0.6 is 0 Å². The third-order valence-electron chi connectivity index (χ3n) is 10.4. The topological polar surface area (TPSA) is 248 Å². The number of likely N-dealkylation sites (N-methyl/N-ethyl adjacent to an activating group) is 1. The molecule has 2 aliphatic rings. The highest BCUT2D eigenvalue weighted by Crippen LogP contribution is 2.43. The molecule has 4 heterocycles. The standard InChI is InChI=1S/C39H49N9O9/c1-20(2)32(40)35(50)45-25(7-6-11-42-38(41)53)34(49)44-23-8-9-27-22(17-23)18-29(56-27)36(51)48-12-10-24-26(48)19-28(57-39(54)47-15-13-46(4)14-16-47)33-31(24)30(21(3)43-33)37(52)55-5/h8-9,17-20,25,32,43H,6-7,10-16,40H2,1-5H3,(H,44,49)(H,45,50)(H3,41,42,53). The average molecular weight is 788 g/mol. The second-order valence-corrected chi connectivity index (χ2v) is 14.7. The largest absolute Gasteiger partial charge is 0.465 e. The van der Waals surface area contributed by atoms with Crippen LogP contribution in [0.15, 0.2) is 34.7 Å². The van der Waals surface area contributed by atoms with Gasteiger partial charge in [-0.1, -0.05) is 13.8 Å². The monoisotopic (exact) mass is 787 g/mol. The zero-order chi connectivity index (χ0) is 41.1. The van der Waals surface area contributed by atoms with Gasteiger partial charge in [-0.15, -0.1) is 0 Å². The number of ether oxygens (including phenoxy) is 2. The summed E-state index contributed by atoms with van der Waals surface area (Å²) in [6.45, 7) is 8.15. The lowest BCUT2D eigenvalue weighted by atomic mass is 10.0. The molecule has 0 spiro atoms. The SMILES string of the molecule is COC(=O)c1c(C)[nH]c2c(OC(=O)N3CCN(C)CC3)cc3c(c12)CCN3C(=O)c1cc2cc(NC(=O)C(CCCNC(N)=O)NC(=O)C(N)C(C)C)ccc2o1. The molecule has 0 aliphatic carbocycles. The lowest BCUT2D eigenvalue weighted by molar-refractivity contribution is -0.128. The van der Waals surface area contributed by atoms with Crippen LogP contribution in [0.3, 0.4) is 0 Å². The van der Waals surface area contributed by atoms with Gasteiger partial charge in [0, 0.05) is 67.5 Å². The van der Waals surface area contributed by atoms with Crippen molar-refractivity contribution in [3.8, 4) is 5.75 Å². The highest BCUT2D eigenvalue weighted by atomic mass is 16.6. The highest BCUT2D eigenvalue weighted by molar-refractivity contribution is 6.14. The summed E-state index contributed by atoms with van der Waals surface area (Å²) in [5, 5.41) is 9.04. The number of amides is 6. The number of benzene rings is 2. The first-order chi connectivity index (χ1) is 27.2. The molecule has 6 amide bonds. The molecule has 2 aromatic carbocycles. The summed E-state index contributed by atoms with van der Waals surface area (Å²) in [5.74, 6) is -2.01. The number of H-pyrrole nitrogens is 1. The molecular formula is C39H49N9O9. The Morgan fingerprint density at radius 1 is 1.00 bits per heavy atom. The number of piperazine rings is 1. The van der Waals surface area contributed by atoms with Crippen LogP contribution in [0.5, 0.6) is 5.75 Å². The zero-order valence-corrected chi connectivity index (χ0v) is 32.7. The molecule has 6 rings (SSSR count). The number of carbonyl (C=O) groups is 6. The van der Waals surface area contributed by atoms with Crippen molar-refractivity contribution >= 4 is 69.1 Å². The smallest absolute Gasteiger partial charge is 0.415 e. The molecule has 18 heteroatoms. The summed E-state index contributed by atoms with van der Waals surface area (Å²) in [4.78, 5) is 86.4. The number of methoxy groups -OCH3 is 1. The number of rotatable bonds is 12. The van der Waals surface area contributed by atoms with Gasteiger partial charge in [0.2, 0.25) is 11.8 Å². The van der Waals surface area contributed by atoms with Crippen molar-refractivity contribution in [1.82, 2.24) is 25.4 Å². The van der Waals surface area contributed by atoms with Gasteiger partial charge in [0.15, 0.2) is 11.5 Å². The average Bonchev–Trinajstić information content (AvgIpc) is 3.90. The normalized spacial score (nSPS) is 15.4. The van der Waals surface area contributed by atoms with Crippen LogP contribution < -0.4 is 37.1 Å². The van der Waals surface area contributed by atoms with Gasteiger partial charge < -0.3 is 61.0 Å². The first-order valence-corrected chi connectivity index (χ1v) is 18.8. The molecular weight excluding hydrogens is 738 g/mol. The Morgan fingerprint density at radius 2 is 1.74 bits per heavy atom. The van der Waals surface area contributed by atoms with E-state index in [-0.39, 0.29) is 36.9 Å². The van der Waals surface area contributed by atoms with Crippen molar-refractivity contribution in [2.75, 3.05) is 63.6 Å². The molecule has 0 radical (unpaired) electrons. The molecule has 18 nitrogen and oxygen atoms in total. The minimum atomic E-state index is -0.968. The number of fused-ring (bicyclic) bond motifs is 4. The maximum atomic E-state index is 14.2. The molecule has 1 saturated heterocycles. The molecule has 1 fully saturated rings. The number of carbonyl (C=O) groups excluding carboxylic acids is 6. The van der Waals surface area contributed by atoms with E-state index in [1.807, 2.05) is 7.05 Å². The minimum absolute atomic E-state index is 0.0191. The number of nitrogens with two attached hydrogens (primary N) is 2. The van der Waals surface area contributed by atoms with Crippen molar-refractivity contribution in [3.63, 3.8) is 0 Å². The van der Waals surface area contributed by atoms with Crippen LogP contribution in [-0.4, -0.2) is 116 Å². The van der Waals surface area contributed by atoms with Crippen molar-refractivity contribution in [3.05, 3.63) is 52.9 Å². The summed E-state index contributed by atoms with van der Waals surface area (Å²) in [7, 11) is 3.27. The number of urea groups is 1. The van der Waals surface area contributed by atoms with Gasteiger partial charge in [-0.05, 0) is 69.0 Å². The molecule has 4 aromatic rings. The molecule has 8 N–H and O–H groups in total.